The van der Waals surface area contributed by atoms with E-state index in [9.17, 15) is 13.9 Å². The minimum absolute atomic E-state index is 0.0629. The Morgan fingerprint density at radius 1 is 1.21 bits per heavy atom. The lowest BCUT2D eigenvalue weighted by molar-refractivity contribution is 0.170. The average Bonchev–Trinajstić information content (AvgIpc) is 2.47. The van der Waals surface area contributed by atoms with E-state index in [1.165, 1.54) is 18.3 Å². The molecule has 0 aromatic carbocycles. The molecule has 4 N–H and O–H groups in total. The first kappa shape index (κ1) is 20.7. The van der Waals surface area contributed by atoms with Crippen molar-refractivity contribution < 1.29 is 47.3 Å². The second-order valence-corrected chi connectivity index (χ2v) is 6.67. The number of rotatable bonds is 8. The molecule has 136 valence electrons. The van der Waals surface area contributed by atoms with E-state index in [4.69, 9.17) is 19.6 Å². The zero-order chi connectivity index (χ0) is 18.4. The van der Waals surface area contributed by atoms with Crippen molar-refractivity contribution in [3.63, 3.8) is 0 Å². The van der Waals surface area contributed by atoms with Crippen LogP contribution in [0.4, 0.5) is 10.6 Å². The molecule has 12 nitrogen and oxygen atoms in total. The highest BCUT2D eigenvalue weighted by molar-refractivity contribution is 7.46. The number of aromatic nitrogens is 1. The van der Waals surface area contributed by atoms with Crippen LogP contribution in [0.1, 0.15) is 5.56 Å². The molecule has 0 aliphatic rings. The van der Waals surface area contributed by atoms with Crippen molar-refractivity contribution in [2.75, 3.05) is 25.2 Å². The molecule has 0 radical (unpaired) electrons. The second-order valence-electron chi connectivity index (χ2n) is 4.20. The molecule has 0 unspecified atom stereocenters. The molecule has 0 bridgehead atoms. The normalized spacial score (nSPS) is 12.0. The first-order chi connectivity index (χ1) is 11.0. The van der Waals surface area contributed by atoms with E-state index >= 15 is 0 Å². The van der Waals surface area contributed by atoms with Crippen LogP contribution in [0.25, 0.3) is 0 Å². The molecule has 1 aromatic heterocycles. The predicted molar refractivity (Wildman–Crippen MR) is 78.8 cm³/mol. The maximum atomic E-state index is 11.8. The molecule has 0 fully saturated rings. The van der Waals surface area contributed by atoms with E-state index in [0.717, 1.165) is 12.0 Å². The van der Waals surface area contributed by atoms with Gasteiger partial charge in [0.15, 0.2) is 0 Å². The van der Waals surface area contributed by atoms with Gasteiger partial charge in [0.05, 0.1) is 26.9 Å². The van der Waals surface area contributed by atoms with E-state index < -0.39 is 35.0 Å². The van der Waals surface area contributed by atoms with Gasteiger partial charge in [0.2, 0.25) is 0 Å². The third kappa shape index (κ3) is 7.47. The molecule has 0 aliphatic carbocycles. The van der Waals surface area contributed by atoms with Crippen molar-refractivity contribution >= 4 is 27.6 Å². The van der Waals surface area contributed by atoms with Gasteiger partial charge in [-0.15, -0.1) is 0 Å². The van der Waals surface area contributed by atoms with Crippen LogP contribution >= 0.6 is 15.6 Å². The fraction of sp³-hybridized carbons (Fsp3) is 0.400. The highest BCUT2D eigenvalue weighted by atomic mass is 31.2. The van der Waals surface area contributed by atoms with Gasteiger partial charge in [-0.05, 0) is 6.07 Å². The molecule has 1 rings (SSSR count). The van der Waals surface area contributed by atoms with Gasteiger partial charge in [-0.3, -0.25) is 13.9 Å². The smallest absolute Gasteiger partial charge is 0.452 e. The Balaban J connectivity index is 2.99. The van der Waals surface area contributed by atoms with Gasteiger partial charge in [0, 0.05) is 11.8 Å². The summed E-state index contributed by atoms with van der Waals surface area (Å²) in [6.07, 6.45) is 0.385. The lowest BCUT2D eigenvalue weighted by Gasteiger charge is -2.22. The molecule has 0 spiro atoms. The van der Waals surface area contributed by atoms with Crippen LogP contribution in [0.2, 0.25) is 0 Å². The Morgan fingerprint density at radius 2 is 1.83 bits per heavy atom. The van der Waals surface area contributed by atoms with Gasteiger partial charge in [0.1, 0.15) is 5.82 Å². The summed E-state index contributed by atoms with van der Waals surface area (Å²) in [5, 5.41) is 0. The fourth-order valence-electron chi connectivity index (χ4n) is 1.58. The first-order valence-corrected chi connectivity index (χ1v) is 9.29. The van der Waals surface area contributed by atoms with Crippen LogP contribution in [0, 0.1) is 0 Å². The number of phosphoric ester groups is 2. The van der Waals surface area contributed by atoms with Crippen LogP contribution < -0.4 is 4.90 Å². The number of hydrogen-bond acceptors (Lipinski definition) is 7. The molecule has 0 saturated heterocycles. The van der Waals surface area contributed by atoms with Gasteiger partial charge >= 0.3 is 21.7 Å². The molecular weight excluding hydrogens is 370 g/mol. The zero-order valence-corrected chi connectivity index (χ0v) is 14.2. The van der Waals surface area contributed by atoms with Gasteiger partial charge in [-0.1, -0.05) is 6.07 Å². The highest BCUT2D eigenvalue weighted by Gasteiger charge is 2.24. The number of ether oxygens (including phenoxy) is 1. The maximum Gasteiger partial charge on any atom is 0.469 e. The van der Waals surface area contributed by atoms with Crippen molar-refractivity contribution in [3.05, 3.63) is 23.9 Å². The van der Waals surface area contributed by atoms with Crippen LogP contribution in [0.15, 0.2) is 18.3 Å². The lowest BCUT2D eigenvalue weighted by Crippen LogP contribution is -2.35. The van der Waals surface area contributed by atoms with E-state index in [-0.39, 0.29) is 17.9 Å². The quantitative estimate of drug-likeness (QED) is 0.454. The summed E-state index contributed by atoms with van der Waals surface area (Å²) in [6, 6.07) is 2.85. The molecule has 0 atom stereocenters. The summed E-state index contributed by atoms with van der Waals surface area (Å²) >= 11 is 0. The van der Waals surface area contributed by atoms with E-state index in [2.05, 4.69) is 18.8 Å². The first-order valence-electron chi connectivity index (χ1n) is 6.23. The SMILES string of the molecule is COC(=O)N(CCOP(=O)(O)O)c1ncccc1COP(=O)(O)O. The predicted octanol–water partition coefficient (Wildman–Crippen LogP) is 0.373. The number of carbonyl (C=O) groups is 1. The summed E-state index contributed by atoms with van der Waals surface area (Å²) in [5.41, 5.74) is 0.141. The van der Waals surface area contributed by atoms with Crippen molar-refractivity contribution in [3.8, 4) is 0 Å². The molecule has 0 saturated carbocycles. The molecule has 14 heteroatoms. The Labute approximate surface area is 136 Å². The molecular formula is C10H16N2O10P2. The Bertz CT molecular complexity index is 657. The van der Waals surface area contributed by atoms with Crippen molar-refractivity contribution in [2.45, 2.75) is 6.61 Å². The number of nitrogens with zero attached hydrogens (tertiary/aromatic N) is 2. The summed E-state index contributed by atoms with van der Waals surface area (Å²) < 4.78 is 34.7. The van der Waals surface area contributed by atoms with Gasteiger partial charge in [-0.2, -0.15) is 0 Å². The van der Waals surface area contributed by atoms with Gasteiger partial charge in [0.25, 0.3) is 0 Å². The summed E-state index contributed by atoms with van der Waals surface area (Å²) in [7, 11) is -8.39. The molecule has 24 heavy (non-hydrogen) atoms. The minimum Gasteiger partial charge on any atom is -0.452 e. The van der Waals surface area contributed by atoms with Crippen molar-refractivity contribution in [1.82, 2.24) is 4.98 Å². The van der Waals surface area contributed by atoms with Gasteiger partial charge in [-0.25, -0.2) is 18.9 Å². The Hall–Kier alpha value is -1.36. The molecule has 1 heterocycles. The van der Waals surface area contributed by atoms with Crippen LogP contribution in [0.3, 0.4) is 0 Å². The number of hydrogen-bond donors (Lipinski definition) is 4. The molecule has 1 aromatic rings. The summed E-state index contributed by atoms with van der Waals surface area (Å²) in [4.78, 5) is 51.4. The van der Waals surface area contributed by atoms with Crippen molar-refractivity contribution in [1.29, 1.82) is 0 Å². The minimum atomic E-state index is -4.75. The average molecular weight is 386 g/mol. The van der Waals surface area contributed by atoms with E-state index in [0.29, 0.717) is 0 Å². The number of pyridine rings is 1. The van der Waals surface area contributed by atoms with E-state index in [1.54, 1.807) is 0 Å². The molecule has 0 aliphatic heterocycles. The Morgan fingerprint density at radius 3 is 2.38 bits per heavy atom. The summed E-state index contributed by atoms with van der Waals surface area (Å²) in [6.45, 7) is -1.42. The number of amides is 1. The lowest BCUT2D eigenvalue weighted by atomic mass is 10.2. The standard InChI is InChI=1S/C10H16N2O10P2/c1-20-10(13)12(5-6-21-23(14,15)16)9-8(3-2-4-11-9)7-22-24(17,18)19/h2-4H,5-7H2,1H3,(H2,14,15,16)(H2,17,18,19). The number of phosphoric acid groups is 2. The van der Waals surface area contributed by atoms with Crippen LogP contribution in [-0.4, -0.2) is 50.9 Å². The monoisotopic (exact) mass is 386 g/mol. The summed E-state index contributed by atoms with van der Waals surface area (Å²) in [5.74, 6) is -0.0629. The number of methoxy groups -OCH3 is 1. The van der Waals surface area contributed by atoms with Crippen LogP contribution in [-0.2, 0) is 29.5 Å². The molecule has 1 amide bonds. The largest absolute Gasteiger partial charge is 0.469 e. The third-order valence-corrected chi connectivity index (χ3v) is 3.47. The third-order valence-electron chi connectivity index (χ3n) is 2.48. The zero-order valence-electron chi connectivity index (χ0n) is 12.4. The van der Waals surface area contributed by atoms with Crippen molar-refractivity contribution in [2.24, 2.45) is 0 Å². The highest BCUT2D eigenvalue weighted by Crippen LogP contribution is 2.38. The maximum absolute atomic E-state index is 11.8. The fourth-order valence-corrected chi connectivity index (χ4v) is 2.21. The number of anilines is 1. The number of carbonyl (C=O) groups excluding carboxylic acids is 1. The van der Waals surface area contributed by atoms with E-state index in [1.807, 2.05) is 0 Å². The van der Waals surface area contributed by atoms with Gasteiger partial charge < -0.3 is 24.3 Å². The second kappa shape index (κ2) is 8.65. The Kier molecular flexibility index (Phi) is 7.46. The van der Waals surface area contributed by atoms with Crippen LogP contribution in [0.5, 0.6) is 0 Å². The topological polar surface area (TPSA) is 176 Å².